The number of nitrogens with two attached hydrogens (primary N) is 2. The molecule has 0 aliphatic heterocycles. The van der Waals surface area contributed by atoms with Gasteiger partial charge in [0.1, 0.15) is 24.2 Å². The van der Waals surface area contributed by atoms with Gasteiger partial charge in [-0.25, -0.2) is 19.6 Å². The molecule has 2 heterocycles. The molecule has 57 heavy (non-hydrogen) atoms. The fourth-order valence-electron chi connectivity index (χ4n) is 4.57. The van der Waals surface area contributed by atoms with Gasteiger partial charge in [-0.05, 0) is 30.7 Å². The topological polar surface area (TPSA) is 373 Å². The third-order valence-corrected chi connectivity index (χ3v) is 9.92. The van der Waals surface area contributed by atoms with Gasteiger partial charge in [0.2, 0.25) is 23.7 Å². The second kappa shape index (κ2) is 22.5. The van der Waals surface area contributed by atoms with E-state index in [0.29, 0.717) is 23.7 Å². The Kier molecular flexibility index (Phi) is 17.9. The van der Waals surface area contributed by atoms with E-state index in [4.69, 9.17) is 16.2 Å². The summed E-state index contributed by atoms with van der Waals surface area (Å²) in [5.41, 5.74) is 12.0. The third-order valence-electron chi connectivity index (χ3n) is 7.54. The van der Waals surface area contributed by atoms with Gasteiger partial charge in [0, 0.05) is 42.8 Å². The van der Waals surface area contributed by atoms with Crippen molar-refractivity contribution in [1.82, 2.24) is 41.2 Å². The van der Waals surface area contributed by atoms with Crippen molar-refractivity contribution in [3.8, 4) is 0 Å². The molecule has 0 fully saturated rings. The van der Waals surface area contributed by atoms with Crippen molar-refractivity contribution < 1.29 is 53.6 Å². The molecule has 0 bridgehead atoms. The highest BCUT2D eigenvalue weighted by atomic mass is 33.1. The SMILES string of the molecule is COCCSSCC(NC(=O)C(CC(=O)O)NC(=O)C(N)CNC(=O)CCC(NC(=O)c1ccc(NCc2cnc3nc(N)[nH]c(=O)c3n2)cc1)C(=O)O)C(=O)O. The van der Waals surface area contributed by atoms with Crippen LogP contribution < -0.4 is 43.6 Å². The number of hydrogen-bond donors (Lipinski definition) is 11. The van der Waals surface area contributed by atoms with Gasteiger partial charge in [-0.2, -0.15) is 4.98 Å². The minimum absolute atomic E-state index is 0.00701. The minimum Gasteiger partial charge on any atom is -0.481 e. The summed E-state index contributed by atoms with van der Waals surface area (Å²) >= 11 is 0. The molecule has 3 rings (SSSR count). The molecule has 0 aliphatic rings. The normalized spacial score (nSPS) is 13.0. The number of ether oxygens (including phenoxy) is 1. The van der Waals surface area contributed by atoms with E-state index in [1.807, 2.05) is 0 Å². The monoisotopic (exact) mass is 835 g/mol. The van der Waals surface area contributed by atoms with Gasteiger partial charge in [0.25, 0.3) is 11.5 Å². The fourth-order valence-corrected chi connectivity index (χ4v) is 6.63. The maximum absolute atomic E-state index is 12.8. The maximum Gasteiger partial charge on any atom is 0.327 e. The Morgan fingerprint density at radius 1 is 0.912 bits per heavy atom. The Balaban J connectivity index is 1.46. The number of nitrogens with one attached hydrogen (secondary N) is 6. The number of rotatable bonds is 24. The molecular weight excluding hydrogens is 795 g/mol. The van der Waals surface area contributed by atoms with E-state index in [0.717, 1.165) is 10.8 Å². The van der Waals surface area contributed by atoms with Crippen LogP contribution in [0.4, 0.5) is 11.6 Å². The van der Waals surface area contributed by atoms with Gasteiger partial charge in [0.05, 0.1) is 31.5 Å². The zero-order valence-corrected chi connectivity index (χ0v) is 31.8. The Labute approximate surface area is 330 Å². The third kappa shape index (κ3) is 15.2. The van der Waals surface area contributed by atoms with Crippen LogP contribution in [0.15, 0.2) is 35.3 Å². The van der Waals surface area contributed by atoms with Crippen molar-refractivity contribution in [2.75, 3.05) is 42.8 Å². The second-order valence-electron chi connectivity index (χ2n) is 11.9. The number of aliphatic carboxylic acids is 3. The predicted molar refractivity (Wildman–Crippen MR) is 206 cm³/mol. The number of carboxylic acid groups (broad SMARTS) is 3. The number of carbonyl (C=O) groups is 7. The molecule has 0 spiro atoms. The largest absolute Gasteiger partial charge is 0.481 e. The molecule has 0 saturated heterocycles. The van der Waals surface area contributed by atoms with Crippen LogP contribution in [0.1, 0.15) is 35.3 Å². The van der Waals surface area contributed by atoms with Crippen LogP contribution in [-0.4, -0.2) is 133 Å². The molecule has 0 radical (unpaired) electrons. The number of methoxy groups -OCH3 is 1. The van der Waals surface area contributed by atoms with E-state index in [1.165, 1.54) is 36.2 Å². The van der Waals surface area contributed by atoms with Crippen molar-refractivity contribution in [3.05, 3.63) is 52.1 Å². The minimum atomic E-state index is -1.70. The average molecular weight is 836 g/mol. The summed E-state index contributed by atoms with van der Waals surface area (Å²) in [6.07, 6.45) is -0.245. The number of aromatic nitrogens is 4. The summed E-state index contributed by atoms with van der Waals surface area (Å²) in [7, 11) is 3.95. The molecule has 2 aromatic heterocycles. The zero-order valence-electron chi connectivity index (χ0n) is 30.2. The Hall–Kier alpha value is -6.05. The molecule has 13 N–H and O–H groups in total. The fraction of sp³-hybridized carbons (Fsp3) is 0.406. The van der Waals surface area contributed by atoms with Crippen LogP contribution in [0, 0.1) is 0 Å². The molecule has 4 unspecified atom stereocenters. The van der Waals surface area contributed by atoms with Crippen molar-refractivity contribution >= 4 is 85.9 Å². The Morgan fingerprint density at radius 3 is 2.25 bits per heavy atom. The molecular formula is C32H41N11O12S2. The summed E-state index contributed by atoms with van der Waals surface area (Å²) < 4.78 is 4.90. The van der Waals surface area contributed by atoms with Gasteiger partial charge in [0.15, 0.2) is 11.2 Å². The maximum atomic E-state index is 12.8. The molecule has 1 aromatic carbocycles. The number of carbonyl (C=O) groups excluding carboxylic acids is 4. The molecule has 308 valence electrons. The molecule has 23 nitrogen and oxygen atoms in total. The summed E-state index contributed by atoms with van der Waals surface area (Å²) in [6.45, 7) is 0.0768. The lowest BCUT2D eigenvalue weighted by Crippen LogP contribution is -2.57. The van der Waals surface area contributed by atoms with E-state index in [2.05, 4.69) is 46.5 Å². The molecule has 4 amide bonds. The number of anilines is 2. The molecule has 3 aromatic rings. The van der Waals surface area contributed by atoms with Gasteiger partial charge < -0.3 is 58.1 Å². The van der Waals surface area contributed by atoms with Gasteiger partial charge >= 0.3 is 17.9 Å². The van der Waals surface area contributed by atoms with Crippen LogP contribution >= 0.6 is 21.6 Å². The highest BCUT2D eigenvalue weighted by Gasteiger charge is 2.30. The lowest BCUT2D eigenvalue weighted by atomic mass is 10.1. The number of carboxylic acids is 3. The second-order valence-corrected chi connectivity index (χ2v) is 14.5. The molecule has 25 heteroatoms. The number of nitrogens with zero attached hydrogens (tertiary/aromatic N) is 3. The summed E-state index contributed by atoms with van der Waals surface area (Å²) in [4.78, 5) is 112. The van der Waals surface area contributed by atoms with Crippen molar-refractivity contribution in [3.63, 3.8) is 0 Å². The van der Waals surface area contributed by atoms with E-state index in [1.54, 1.807) is 12.1 Å². The van der Waals surface area contributed by atoms with Crippen LogP contribution in [0.3, 0.4) is 0 Å². The van der Waals surface area contributed by atoms with Crippen molar-refractivity contribution in [2.24, 2.45) is 5.73 Å². The quantitative estimate of drug-likeness (QED) is 0.0339. The summed E-state index contributed by atoms with van der Waals surface area (Å²) in [6, 6.07) is -0.114. The van der Waals surface area contributed by atoms with E-state index in [-0.39, 0.29) is 41.4 Å². The molecule has 4 atom stereocenters. The highest BCUT2D eigenvalue weighted by molar-refractivity contribution is 8.76. The number of aromatic amines is 1. The number of hydrogen-bond acceptors (Lipinski definition) is 17. The van der Waals surface area contributed by atoms with Crippen LogP contribution in [0.2, 0.25) is 0 Å². The standard InChI is InChI=1S/C32H41N11O12S2/c1-55-8-9-56-57-14-21(31(53)54)41-28(49)20(10-23(45)46)40-27(48)18(33)13-36-22(44)7-6-19(30(51)52)39-26(47)15-2-4-16(5-3-15)35-11-17-12-37-25-24(38-17)29(50)43-32(34)42-25/h2-5,12,18-21,35H,6-11,13-14,33H2,1H3,(H,36,44)(H,39,47)(H,40,48)(H,41,49)(H,45,46)(H,51,52)(H,53,54)(H3,34,37,42,43,50). The summed E-state index contributed by atoms with van der Waals surface area (Å²) in [5, 5.41) is 40.5. The van der Waals surface area contributed by atoms with Gasteiger partial charge in [-0.1, -0.05) is 21.6 Å². The van der Waals surface area contributed by atoms with Crippen LogP contribution in [0.5, 0.6) is 0 Å². The van der Waals surface area contributed by atoms with E-state index in [9.17, 15) is 53.7 Å². The predicted octanol–water partition coefficient (Wildman–Crippen LogP) is -2.13. The Morgan fingerprint density at radius 2 is 1.60 bits per heavy atom. The first-order chi connectivity index (χ1) is 27.1. The lowest BCUT2D eigenvalue weighted by Gasteiger charge is -2.22. The van der Waals surface area contributed by atoms with Crippen LogP contribution in [-0.2, 0) is 40.0 Å². The number of amides is 4. The number of H-pyrrole nitrogens is 1. The van der Waals surface area contributed by atoms with Gasteiger partial charge in [-0.15, -0.1) is 0 Å². The summed E-state index contributed by atoms with van der Waals surface area (Å²) in [5.74, 6) is -7.48. The first-order valence-corrected chi connectivity index (χ1v) is 19.3. The van der Waals surface area contributed by atoms with Crippen molar-refractivity contribution in [1.29, 1.82) is 0 Å². The van der Waals surface area contributed by atoms with Crippen molar-refractivity contribution in [2.45, 2.75) is 50.0 Å². The zero-order chi connectivity index (χ0) is 42.1. The number of benzene rings is 1. The lowest BCUT2D eigenvalue weighted by molar-refractivity contribution is -0.143. The first kappa shape index (κ1) is 45.3. The van der Waals surface area contributed by atoms with E-state index >= 15 is 0 Å². The number of nitrogen functional groups attached to an aromatic ring is 1. The highest BCUT2D eigenvalue weighted by Crippen LogP contribution is 2.22. The number of fused-ring (bicyclic) bond motifs is 1. The average Bonchev–Trinajstić information content (AvgIpc) is 3.16. The van der Waals surface area contributed by atoms with Gasteiger partial charge in [-0.3, -0.25) is 33.8 Å². The van der Waals surface area contributed by atoms with E-state index < -0.39 is 90.6 Å². The Bertz CT molecular complexity index is 1990. The van der Waals surface area contributed by atoms with Crippen LogP contribution in [0.25, 0.3) is 11.2 Å². The first-order valence-electron chi connectivity index (χ1n) is 16.8. The smallest absolute Gasteiger partial charge is 0.327 e. The molecule has 0 saturated carbocycles. The molecule has 0 aliphatic carbocycles.